The van der Waals surface area contributed by atoms with E-state index in [9.17, 15) is 13.2 Å². The summed E-state index contributed by atoms with van der Waals surface area (Å²) >= 11 is 0. The molecule has 0 heterocycles. The third kappa shape index (κ3) is 4.78. The summed E-state index contributed by atoms with van der Waals surface area (Å²) < 4.78 is 27.8. The minimum Gasteiger partial charge on any atom is -0.491 e. The first-order chi connectivity index (χ1) is 8.85. The first-order valence-electron chi connectivity index (χ1n) is 5.82. The Hall–Kier alpha value is -1.76. The van der Waals surface area contributed by atoms with E-state index >= 15 is 0 Å². The van der Waals surface area contributed by atoms with Crippen molar-refractivity contribution >= 4 is 21.5 Å². The topological polar surface area (TPSA) is 107 Å². The van der Waals surface area contributed by atoms with Gasteiger partial charge in [-0.2, -0.15) is 0 Å². The summed E-state index contributed by atoms with van der Waals surface area (Å²) in [6, 6.07) is 4.15. The number of hydrogen-bond acceptors (Lipinski definition) is 5. The molecule has 0 aliphatic carbocycles. The number of sulfone groups is 1. The number of carboxylic acid groups (broad SMARTS) is 1. The number of benzene rings is 1. The number of nitrogens with two attached hydrogens (primary N) is 1. The minimum atomic E-state index is -3.01. The third-order valence-electron chi connectivity index (χ3n) is 2.56. The second-order valence-electron chi connectivity index (χ2n) is 4.00. The second kappa shape index (κ2) is 6.42. The molecule has 0 saturated heterocycles. The maximum atomic E-state index is 11.3. The van der Waals surface area contributed by atoms with Crippen LogP contribution < -0.4 is 10.5 Å². The molecule has 1 aromatic rings. The molecular weight excluding hydrogens is 270 g/mol. The normalized spacial score (nSPS) is 11.2. The Kier molecular flexibility index (Phi) is 5.17. The number of carbonyl (C=O) groups is 1. The molecule has 0 unspecified atom stereocenters. The highest BCUT2D eigenvalue weighted by Crippen LogP contribution is 2.23. The molecule has 0 bridgehead atoms. The lowest BCUT2D eigenvalue weighted by Gasteiger charge is -2.09. The van der Waals surface area contributed by atoms with Gasteiger partial charge in [-0.15, -0.1) is 0 Å². The van der Waals surface area contributed by atoms with Gasteiger partial charge < -0.3 is 15.6 Å². The number of anilines is 1. The Morgan fingerprint density at radius 3 is 2.68 bits per heavy atom. The first-order valence-corrected chi connectivity index (χ1v) is 7.64. The number of rotatable bonds is 7. The molecule has 6 nitrogen and oxygen atoms in total. The lowest BCUT2D eigenvalue weighted by molar-refractivity contribution is 0.0696. The molecule has 7 heteroatoms. The summed E-state index contributed by atoms with van der Waals surface area (Å²) in [7, 11) is -3.01. The molecule has 0 fully saturated rings. The summed E-state index contributed by atoms with van der Waals surface area (Å²) in [6.07, 6.45) is 0.340. The van der Waals surface area contributed by atoms with Crippen LogP contribution in [-0.4, -0.2) is 37.6 Å². The van der Waals surface area contributed by atoms with Gasteiger partial charge >= 0.3 is 5.97 Å². The lowest BCUT2D eigenvalue weighted by Crippen LogP contribution is -2.12. The van der Waals surface area contributed by atoms with Crippen LogP contribution in [0.2, 0.25) is 0 Å². The number of hydrogen-bond donors (Lipinski definition) is 2. The van der Waals surface area contributed by atoms with Gasteiger partial charge in [-0.25, -0.2) is 13.2 Å². The Balaban J connectivity index is 2.58. The van der Waals surface area contributed by atoms with E-state index < -0.39 is 15.8 Å². The van der Waals surface area contributed by atoms with Crippen LogP contribution in [-0.2, 0) is 9.84 Å². The van der Waals surface area contributed by atoms with Crippen LogP contribution in [0.25, 0.3) is 0 Å². The molecule has 0 atom stereocenters. The fraction of sp³-hybridized carbons (Fsp3) is 0.417. The van der Waals surface area contributed by atoms with Gasteiger partial charge in [0.15, 0.2) is 0 Å². The van der Waals surface area contributed by atoms with Gasteiger partial charge in [-0.1, -0.05) is 6.92 Å². The van der Waals surface area contributed by atoms with Crippen LogP contribution in [0, 0.1) is 0 Å². The van der Waals surface area contributed by atoms with E-state index in [2.05, 4.69) is 0 Å². The quantitative estimate of drug-likeness (QED) is 0.576. The van der Waals surface area contributed by atoms with Crippen molar-refractivity contribution < 1.29 is 23.1 Å². The maximum absolute atomic E-state index is 11.3. The highest BCUT2D eigenvalue weighted by atomic mass is 32.2. The number of ether oxygens (including phenoxy) is 1. The van der Waals surface area contributed by atoms with Crippen LogP contribution in [0.5, 0.6) is 5.75 Å². The van der Waals surface area contributed by atoms with Crippen LogP contribution in [0.15, 0.2) is 18.2 Å². The highest BCUT2D eigenvalue weighted by molar-refractivity contribution is 7.91. The summed E-state index contributed by atoms with van der Waals surface area (Å²) in [6.45, 7) is 1.76. The van der Waals surface area contributed by atoms with Crippen molar-refractivity contribution in [3.8, 4) is 5.75 Å². The summed E-state index contributed by atoms with van der Waals surface area (Å²) in [5.41, 5.74) is 6.04. The Morgan fingerprint density at radius 2 is 2.11 bits per heavy atom. The van der Waals surface area contributed by atoms with Gasteiger partial charge in [0.1, 0.15) is 15.6 Å². The first kappa shape index (κ1) is 15.3. The van der Waals surface area contributed by atoms with Gasteiger partial charge in [0, 0.05) is 5.75 Å². The van der Waals surface area contributed by atoms with Crippen LogP contribution >= 0.6 is 0 Å². The Morgan fingerprint density at radius 1 is 1.42 bits per heavy atom. The van der Waals surface area contributed by atoms with E-state index in [-0.39, 0.29) is 29.4 Å². The monoisotopic (exact) mass is 287 g/mol. The van der Waals surface area contributed by atoms with Crippen LogP contribution in [0.4, 0.5) is 5.69 Å². The van der Waals surface area contributed by atoms with Crippen molar-refractivity contribution in [1.29, 1.82) is 0 Å². The van der Waals surface area contributed by atoms with Gasteiger partial charge in [-0.05, 0) is 24.6 Å². The van der Waals surface area contributed by atoms with E-state index in [1.807, 2.05) is 0 Å². The molecule has 0 aromatic heterocycles. The van der Waals surface area contributed by atoms with Crippen molar-refractivity contribution in [2.24, 2.45) is 0 Å². The standard InChI is InChI=1S/C12H17NO5S/c1-2-19(16,17)7-3-6-18-11-8-9(12(14)15)4-5-10(11)13/h4-5,8H,2-3,6-7,13H2,1H3,(H,14,15). The SMILES string of the molecule is CCS(=O)(=O)CCCOc1cc(C(=O)O)ccc1N. The van der Waals surface area contributed by atoms with E-state index in [1.54, 1.807) is 6.92 Å². The summed E-state index contributed by atoms with van der Waals surface area (Å²) in [5, 5.41) is 8.83. The molecule has 0 aliphatic rings. The maximum Gasteiger partial charge on any atom is 0.335 e. The largest absolute Gasteiger partial charge is 0.491 e. The minimum absolute atomic E-state index is 0.0437. The molecule has 0 amide bonds. The second-order valence-corrected chi connectivity index (χ2v) is 6.47. The average molecular weight is 287 g/mol. The van der Waals surface area contributed by atoms with Crippen molar-refractivity contribution in [3.05, 3.63) is 23.8 Å². The molecule has 106 valence electrons. The van der Waals surface area contributed by atoms with E-state index in [1.165, 1.54) is 18.2 Å². The zero-order chi connectivity index (χ0) is 14.5. The van der Waals surface area contributed by atoms with E-state index in [4.69, 9.17) is 15.6 Å². The van der Waals surface area contributed by atoms with Gasteiger partial charge in [-0.3, -0.25) is 0 Å². The van der Waals surface area contributed by atoms with Gasteiger partial charge in [0.25, 0.3) is 0 Å². The molecule has 0 spiro atoms. The number of aromatic carboxylic acids is 1. The summed E-state index contributed by atoms with van der Waals surface area (Å²) in [5.74, 6) is -0.668. The molecule has 0 aliphatic heterocycles. The number of nitrogen functional groups attached to an aromatic ring is 1. The fourth-order valence-corrected chi connectivity index (χ4v) is 2.24. The molecule has 1 aromatic carbocycles. The van der Waals surface area contributed by atoms with Gasteiger partial charge in [0.05, 0.1) is 23.6 Å². The predicted molar refractivity (Wildman–Crippen MR) is 72.3 cm³/mol. The third-order valence-corrected chi connectivity index (χ3v) is 4.35. The Labute approximate surface area is 112 Å². The molecule has 19 heavy (non-hydrogen) atoms. The Bertz CT molecular complexity index is 553. The van der Waals surface area contributed by atoms with Crippen LogP contribution in [0.3, 0.4) is 0 Å². The highest BCUT2D eigenvalue weighted by Gasteiger charge is 2.09. The smallest absolute Gasteiger partial charge is 0.335 e. The zero-order valence-electron chi connectivity index (χ0n) is 10.6. The van der Waals surface area contributed by atoms with Crippen molar-refractivity contribution in [2.75, 3.05) is 23.8 Å². The van der Waals surface area contributed by atoms with E-state index in [0.29, 0.717) is 12.1 Å². The fourth-order valence-electron chi connectivity index (χ4n) is 1.40. The van der Waals surface area contributed by atoms with E-state index in [0.717, 1.165) is 0 Å². The average Bonchev–Trinajstić information content (AvgIpc) is 2.36. The van der Waals surface area contributed by atoms with Gasteiger partial charge in [0.2, 0.25) is 0 Å². The summed E-state index contributed by atoms with van der Waals surface area (Å²) in [4.78, 5) is 10.8. The predicted octanol–water partition coefficient (Wildman–Crippen LogP) is 1.17. The number of carboxylic acids is 1. The molecule has 0 radical (unpaired) electrons. The van der Waals surface area contributed by atoms with Crippen LogP contribution in [0.1, 0.15) is 23.7 Å². The molecular formula is C12H17NO5S. The van der Waals surface area contributed by atoms with Crippen molar-refractivity contribution in [3.63, 3.8) is 0 Å². The molecule has 3 N–H and O–H groups in total. The molecule has 0 saturated carbocycles. The lowest BCUT2D eigenvalue weighted by atomic mass is 10.2. The molecule has 1 rings (SSSR count). The zero-order valence-corrected chi connectivity index (χ0v) is 11.4. The van der Waals surface area contributed by atoms with Crippen molar-refractivity contribution in [2.45, 2.75) is 13.3 Å². The van der Waals surface area contributed by atoms with Crippen molar-refractivity contribution in [1.82, 2.24) is 0 Å².